The van der Waals surface area contributed by atoms with Gasteiger partial charge in [0, 0.05) is 33.6 Å². The predicted octanol–water partition coefficient (Wildman–Crippen LogP) is 4.37. The van der Waals surface area contributed by atoms with Gasteiger partial charge < -0.3 is 4.98 Å². The van der Waals surface area contributed by atoms with Crippen LogP contribution in [-0.2, 0) is 0 Å². The summed E-state index contributed by atoms with van der Waals surface area (Å²) < 4.78 is 1.13. The number of carbonyl (C=O) groups excluding carboxylic acids is 1. The summed E-state index contributed by atoms with van der Waals surface area (Å²) in [7, 11) is 0. The summed E-state index contributed by atoms with van der Waals surface area (Å²) in [5.74, 6) is 0.0923. The molecule has 0 amide bonds. The van der Waals surface area contributed by atoms with Gasteiger partial charge in [-0.15, -0.1) is 11.3 Å². The van der Waals surface area contributed by atoms with Crippen LogP contribution in [0.25, 0.3) is 10.9 Å². The summed E-state index contributed by atoms with van der Waals surface area (Å²) in [6.07, 6.45) is 1.81. The number of nitrogens with one attached hydrogen (secondary N) is 1. The molecule has 18 heavy (non-hydrogen) atoms. The van der Waals surface area contributed by atoms with Crippen LogP contribution < -0.4 is 0 Å². The van der Waals surface area contributed by atoms with Crippen molar-refractivity contribution < 1.29 is 4.79 Å². The highest BCUT2D eigenvalue weighted by Gasteiger charge is 2.16. The van der Waals surface area contributed by atoms with Crippen LogP contribution in [0.3, 0.4) is 0 Å². The average molecular weight is 367 g/mol. The molecule has 0 saturated carbocycles. The molecule has 0 atom stereocenters. The molecule has 0 unspecified atom stereocenters. The van der Waals surface area contributed by atoms with E-state index >= 15 is 0 Å². The maximum atomic E-state index is 12.5. The van der Waals surface area contributed by atoms with E-state index in [9.17, 15) is 4.79 Å². The highest BCUT2D eigenvalue weighted by Crippen LogP contribution is 2.26. The van der Waals surface area contributed by atoms with Gasteiger partial charge in [0.2, 0.25) is 0 Å². The Balaban J connectivity index is 2.18. The van der Waals surface area contributed by atoms with E-state index in [0.717, 1.165) is 30.5 Å². The average Bonchev–Trinajstić information content (AvgIpc) is 2.95. The molecule has 2 heterocycles. The van der Waals surface area contributed by atoms with Crippen molar-refractivity contribution in [1.82, 2.24) is 4.98 Å². The van der Waals surface area contributed by atoms with Crippen molar-refractivity contribution in [2.45, 2.75) is 6.92 Å². The van der Waals surface area contributed by atoms with Gasteiger partial charge in [0.15, 0.2) is 5.78 Å². The maximum Gasteiger partial charge on any atom is 0.196 e. The second-order valence-electron chi connectivity index (χ2n) is 4.17. The molecule has 0 aliphatic heterocycles. The Morgan fingerprint density at radius 1 is 1.39 bits per heavy atom. The van der Waals surface area contributed by atoms with Crippen LogP contribution in [0.2, 0.25) is 0 Å². The number of fused-ring (bicyclic) bond motifs is 1. The molecule has 1 N–H and O–H groups in total. The fourth-order valence-corrected chi connectivity index (χ4v) is 3.46. The Morgan fingerprint density at radius 3 is 2.94 bits per heavy atom. The fraction of sp³-hybridized carbons (Fsp3) is 0.0714. The summed E-state index contributed by atoms with van der Waals surface area (Å²) >= 11 is 3.83. The number of hydrogen-bond acceptors (Lipinski definition) is 2. The Hall–Kier alpha value is -1.14. The molecule has 0 radical (unpaired) electrons. The molecular weight excluding hydrogens is 357 g/mol. The van der Waals surface area contributed by atoms with E-state index < -0.39 is 0 Å². The zero-order valence-corrected chi connectivity index (χ0v) is 12.6. The molecule has 0 aliphatic rings. The van der Waals surface area contributed by atoms with Gasteiger partial charge in [0.05, 0.1) is 2.88 Å². The number of thiophene rings is 1. The molecule has 0 saturated heterocycles. The van der Waals surface area contributed by atoms with E-state index in [1.165, 1.54) is 0 Å². The van der Waals surface area contributed by atoms with Gasteiger partial charge in [-0.3, -0.25) is 4.79 Å². The van der Waals surface area contributed by atoms with E-state index in [-0.39, 0.29) is 5.78 Å². The summed E-state index contributed by atoms with van der Waals surface area (Å²) in [6.45, 7) is 2.03. The van der Waals surface area contributed by atoms with Crippen LogP contribution in [0.4, 0.5) is 0 Å². The van der Waals surface area contributed by atoms with Crippen molar-refractivity contribution in [2.24, 2.45) is 0 Å². The van der Waals surface area contributed by atoms with Gasteiger partial charge in [-0.1, -0.05) is 12.1 Å². The van der Waals surface area contributed by atoms with Gasteiger partial charge in [0.1, 0.15) is 0 Å². The number of carbonyl (C=O) groups is 1. The number of aromatic amines is 1. The zero-order valence-electron chi connectivity index (χ0n) is 9.66. The molecule has 4 heteroatoms. The van der Waals surface area contributed by atoms with Crippen LogP contribution in [0.1, 0.15) is 21.5 Å². The largest absolute Gasteiger partial charge is 0.360 e. The Labute approximate surface area is 122 Å². The monoisotopic (exact) mass is 367 g/mol. The normalized spacial score (nSPS) is 11.0. The topological polar surface area (TPSA) is 32.9 Å². The lowest BCUT2D eigenvalue weighted by Gasteiger charge is -1.99. The van der Waals surface area contributed by atoms with E-state index in [1.54, 1.807) is 11.3 Å². The van der Waals surface area contributed by atoms with Crippen molar-refractivity contribution in [1.29, 1.82) is 0 Å². The lowest BCUT2D eigenvalue weighted by molar-refractivity contribution is 0.104. The maximum absolute atomic E-state index is 12.5. The number of aromatic nitrogens is 1. The van der Waals surface area contributed by atoms with E-state index in [4.69, 9.17) is 0 Å². The van der Waals surface area contributed by atoms with Crippen molar-refractivity contribution >= 4 is 50.6 Å². The molecule has 0 fully saturated rings. The Bertz CT molecular complexity index is 741. The van der Waals surface area contributed by atoms with Crippen molar-refractivity contribution in [3.05, 3.63) is 55.4 Å². The number of hydrogen-bond donors (Lipinski definition) is 1. The van der Waals surface area contributed by atoms with Gasteiger partial charge in [-0.05, 0) is 47.2 Å². The van der Waals surface area contributed by atoms with Gasteiger partial charge >= 0.3 is 0 Å². The predicted molar refractivity (Wildman–Crippen MR) is 83.5 cm³/mol. The van der Waals surface area contributed by atoms with Crippen LogP contribution in [0.5, 0.6) is 0 Å². The highest BCUT2D eigenvalue weighted by atomic mass is 127. The number of aryl methyl sites for hydroxylation is 1. The third-order valence-electron chi connectivity index (χ3n) is 2.99. The summed E-state index contributed by atoms with van der Waals surface area (Å²) in [4.78, 5) is 15.6. The van der Waals surface area contributed by atoms with Crippen LogP contribution in [0.15, 0.2) is 35.8 Å². The van der Waals surface area contributed by atoms with Gasteiger partial charge in [-0.25, -0.2) is 0 Å². The standard InChI is InChI=1S/C14H10INOS/c1-8-3-2-4-11-13(8)10(6-16-11)14(17)9-5-12(15)18-7-9/h2-7,16H,1H3. The fourth-order valence-electron chi connectivity index (χ4n) is 2.13. The highest BCUT2D eigenvalue weighted by molar-refractivity contribution is 14.1. The second kappa shape index (κ2) is 4.51. The number of rotatable bonds is 2. The zero-order chi connectivity index (χ0) is 12.7. The molecule has 3 rings (SSSR count). The summed E-state index contributed by atoms with van der Waals surface area (Å²) in [5.41, 5.74) is 3.68. The Morgan fingerprint density at radius 2 is 2.22 bits per heavy atom. The summed E-state index contributed by atoms with van der Waals surface area (Å²) in [5, 5.41) is 2.95. The molecular formula is C14H10INOS. The third kappa shape index (κ3) is 1.89. The van der Waals surface area contributed by atoms with Crippen molar-refractivity contribution in [2.75, 3.05) is 0 Å². The van der Waals surface area contributed by atoms with E-state index in [2.05, 4.69) is 27.6 Å². The quantitative estimate of drug-likeness (QED) is 0.530. The minimum Gasteiger partial charge on any atom is -0.360 e. The smallest absolute Gasteiger partial charge is 0.196 e. The van der Waals surface area contributed by atoms with Crippen LogP contribution in [0, 0.1) is 9.81 Å². The second-order valence-corrected chi connectivity index (χ2v) is 6.97. The lowest BCUT2D eigenvalue weighted by Crippen LogP contribution is -1.98. The molecule has 0 aliphatic carbocycles. The molecule has 2 nitrogen and oxygen atoms in total. The lowest BCUT2D eigenvalue weighted by atomic mass is 10.0. The minimum atomic E-state index is 0.0923. The molecule has 0 spiro atoms. The molecule has 90 valence electrons. The molecule has 1 aromatic carbocycles. The first-order chi connectivity index (χ1) is 8.66. The summed E-state index contributed by atoms with van der Waals surface area (Å²) in [6, 6.07) is 7.96. The van der Waals surface area contributed by atoms with E-state index in [0.29, 0.717) is 0 Å². The van der Waals surface area contributed by atoms with Gasteiger partial charge in [0.25, 0.3) is 0 Å². The van der Waals surface area contributed by atoms with Crippen molar-refractivity contribution in [3.8, 4) is 0 Å². The molecule has 2 aromatic heterocycles. The Kier molecular flexibility index (Phi) is 2.99. The molecule has 0 bridgehead atoms. The van der Waals surface area contributed by atoms with Crippen LogP contribution in [-0.4, -0.2) is 10.8 Å². The number of halogens is 1. The minimum absolute atomic E-state index is 0.0923. The van der Waals surface area contributed by atoms with Crippen molar-refractivity contribution in [3.63, 3.8) is 0 Å². The number of benzene rings is 1. The van der Waals surface area contributed by atoms with E-state index in [1.807, 2.05) is 42.8 Å². The first kappa shape index (κ1) is 11.9. The number of ketones is 1. The third-order valence-corrected chi connectivity index (χ3v) is 4.78. The first-order valence-electron chi connectivity index (χ1n) is 5.52. The number of H-pyrrole nitrogens is 1. The molecule has 3 aromatic rings. The van der Waals surface area contributed by atoms with Crippen LogP contribution >= 0.6 is 33.9 Å². The first-order valence-corrected chi connectivity index (χ1v) is 7.48. The van der Waals surface area contributed by atoms with Gasteiger partial charge in [-0.2, -0.15) is 0 Å². The SMILES string of the molecule is Cc1cccc2[nH]cc(C(=O)c3csc(I)c3)c12.